The van der Waals surface area contributed by atoms with E-state index < -0.39 is 6.09 Å². The number of anilines is 1. The van der Waals surface area contributed by atoms with Gasteiger partial charge in [0.15, 0.2) is 12.6 Å². The lowest BCUT2D eigenvalue weighted by molar-refractivity contribution is 0.0516. The Morgan fingerprint density at radius 2 is 1.97 bits per heavy atom. The first-order valence-electron chi connectivity index (χ1n) is 12.2. The van der Waals surface area contributed by atoms with Crippen LogP contribution in [0.15, 0.2) is 36.5 Å². The number of piperazine rings is 1. The molecule has 2 N–H and O–H groups in total. The number of nitrogens with one attached hydrogen (secondary N) is 1. The Balaban J connectivity index is 1.60. The van der Waals surface area contributed by atoms with E-state index in [1.807, 2.05) is 44.4 Å². The van der Waals surface area contributed by atoms with Crippen molar-refractivity contribution in [3.8, 4) is 17.1 Å². The van der Waals surface area contributed by atoms with Gasteiger partial charge >= 0.3 is 6.09 Å². The summed E-state index contributed by atoms with van der Waals surface area (Å²) in [5.41, 5.74) is 3.06. The summed E-state index contributed by atoms with van der Waals surface area (Å²) >= 11 is 0. The van der Waals surface area contributed by atoms with Gasteiger partial charge in [-0.25, -0.2) is 14.8 Å². The number of methoxy groups -OCH3 is 1. The first-order chi connectivity index (χ1) is 18.3. The van der Waals surface area contributed by atoms with E-state index in [9.17, 15) is 14.7 Å². The van der Waals surface area contributed by atoms with Crippen LogP contribution in [0.2, 0.25) is 0 Å². The van der Waals surface area contributed by atoms with Crippen molar-refractivity contribution >= 4 is 39.5 Å². The van der Waals surface area contributed by atoms with Crippen molar-refractivity contribution in [2.45, 2.75) is 13.0 Å². The number of aryl methyl sites for hydroxylation is 1. The van der Waals surface area contributed by atoms with Gasteiger partial charge in [0.05, 0.1) is 16.6 Å². The predicted molar refractivity (Wildman–Crippen MR) is 142 cm³/mol. The van der Waals surface area contributed by atoms with Gasteiger partial charge in [-0.15, -0.1) is 0 Å². The second-order valence-electron chi connectivity index (χ2n) is 9.21. The first-order valence-corrected chi connectivity index (χ1v) is 12.2. The molecule has 1 fully saturated rings. The van der Waals surface area contributed by atoms with E-state index in [0.29, 0.717) is 47.7 Å². The second-order valence-corrected chi connectivity index (χ2v) is 9.21. The molecule has 1 aliphatic heterocycles. The minimum absolute atomic E-state index is 0.0259. The number of nitrogens with zero attached hydrogens (tertiary/aromatic N) is 6. The molecule has 2 aromatic heterocycles. The van der Waals surface area contributed by atoms with E-state index in [-0.39, 0.29) is 24.4 Å². The molecule has 5 rings (SSSR count). The second kappa shape index (κ2) is 10.1. The molecule has 1 saturated heterocycles. The molecule has 2 amide bonds. The van der Waals surface area contributed by atoms with E-state index in [1.54, 1.807) is 17.8 Å². The van der Waals surface area contributed by atoms with Gasteiger partial charge in [-0.2, -0.15) is 5.10 Å². The van der Waals surface area contributed by atoms with Crippen molar-refractivity contribution in [3.63, 3.8) is 0 Å². The highest BCUT2D eigenvalue weighted by Gasteiger charge is 2.28. The molecule has 0 radical (unpaired) electrons. The smallest absolute Gasteiger partial charge is 0.407 e. The Morgan fingerprint density at radius 3 is 2.68 bits per heavy atom. The molecule has 3 heterocycles. The van der Waals surface area contributed by atoms with E-state index in [1.165, 1.54) is 12.0 Å². The molecule has 1 aliphatic rings. The predicted octanol–water partition coefficient (Wildman–Crippen LogP) is 2.71. The highest BCUT2D eigenvalue weighted by molar-refractivity contribution is 6.06. The number of fused-ring (bicyclic) bond motifs is 2. The maximum absolute atomic E-state index is 13.0. The molecule has 12 heteroatoms. The Hall–Kier alpha value is -4.45. The molecule has 0 unspecified atom stereocenters. The fourth-order valence-electron chi connectivity index (χ4n) is 4.79. The van der Waals surface area contributed by atoms with Crippen LogP contribution in [0.3, 0.4) is 0 Å². The minimum Gasteiger partial charge on any atom is -0.467 e. The summed E-state index contributed by atoms with van der Waals surface area (Å²) in [5, 5.41) is 18.0. The van der Waals surface area contributed by atoms with Crippen molar-refractivity contribution in [1.29, 1.82) is 0 Å². The number of aromatic nitrogens is 4. The van der Waals surface area contributed by atoms with Gasteiger partial charge in [0.1, 0.15) is 11.4 Å². The lowest BCUT2D eigenvalue weighted by atomic mass is 10.1. The van der Waals surface area contributed by atoms with Crippen LogP contribution in [-0.2, 0) is 11.8 Å². The van der Waals surface area contributed by atoms with Crippen LogP contribution in [0.1, 0.15) is 17.4 Å². The lowest BCUT2D eigenvalue weighted by Crippen LogP contribution is -2.53. The zero-order valence-corrected chi connectivity index (χ0v) is 21.6. The van der Waals surface area contributed by atoms with E-state index in [4.69, 9.17) is 14.5 Å². The highest BCUT2D eigenvalue weighted by Crippen LogP contribution is 2.34. The number of amides is 2. The number of ether oxygens (including phenoxy) is 2. The number of carbonyl (C=O) groups excluding carboxylic acids is 1. The van der Waals surface area contributed by atoms with Crippen LogP contribution in [0, 0.1) is 0 Å². The molecule has 198 valence electrons. The Labute approximate surface area is 218 Å². The third-order valence-electron chi connectivity index (χ3n) is 6.65. The first kappa shape index (κ1) is 25.2. The maximum Gasteiger partial charge on any atom is 0.407 e. The molecule has 0 aliphatic carbocycles. The van der Waals surface area contributed by atoms with Gasteiger partial charge in [-0.1, -0.05) is 0 Å². The van der Waals surface area contributed by atoms with Gasteiger partial charge < -0.3 is 29.7 Å². The van der Waals surface area contributed by atoms with E-state index >= 15 is 0 Å². The fourth-order valence-corrected chi connectivity index (χ4v) is 4.79. The number of hydrogen-bond acceptors (Lipinski definition) is 8. The largest absolute Gasteiger partial charge is 0.467 e. The van der Waals surface area contributed by atoms with Crippen LogP contribution >= 0.6 is 0 Å². The monoisotopic (exact) mass is 519 g/mol. The van der Waals surface area contributed by atoms with Gasteiger partial charge in [0.25, 0.3) is 5.91 Å². The van der Waals surface area contributed by atoms with Crippen molar-refractivity contribution < 1.29 is 24.2 Å². The number of carboxylic acid groups (broad SMARTS) is 1. The number of hydrogen-bond donors (Lipinski definition) is 2. The summed E-state index contributed by atoms with van der Waals surface area (Å²) < 4.78 is 12.6. The third-order valence-corrected chi connectivity index (χ3v) is 6.65. The van der Waals surface area contributed by atoms with Gasteiger partial charge in [0, 0.05) is 75.6 Å². The summed E-state index contributed by atoms with van der Waals surface area (Å²) in [6, 6.07) is 9.20. The van der Waals surface area contributed by atoms with Gasteiger partial charge in [0.2, 0.25) is 0 Å². The van der Waals surface area contributed by atoms with E-state index in [0.717, 1.165) is 16.6 Å². The SMILES string of the molecule is CNC(=O)c1nc(-c2cc3cn(C)nc3cc2OCOC)nc2ccc(N3CCN(C(=O)O)[C@@H](C)C3)cc12. The average molecular weight is 520 g/mol. The third kappa shape index (κ3) is 4.65. The standard InChI is InChI=1S/C26H29N7O5/c1-15-12-32(7-8-33(15)26(35)36)17-5-6-20-18(10-17)23(25(34)27-2)29-24(28-20)19-9-16-13-31(3)30-21(16)11-22(19)38-14-37-4/h5-6,9-11,13,15H,7-8,12,14H2,1-4H3,(H,27,34)(H,35,36)/t15-/m0/s1. The number of rotatable bonds is 6. The van der Waals surface area contributed by atoms with Gasteiger partial charge in [-0.05, 0) is 31.2 Å². The summed E-state index contributed by atoms with van der Waals surface area (Å²) in [6.45, 7) is 3.39. The summed E-state index contributed by atoms with van der Waals surface area (Å²) in [5.74, 6) is 0.480. The van der Waals surface area contributed by atoms with Crippen molar-refractivity contribution in [2.24, 2.45) is 7.05 Å². The van der Waals surface area contributed by atoms with Crippen LogP contribution in [0.4, 0.5) is 10.5 Å². The molecule has 2 aromatic carbocycles. The molecule has 0 bridgehead atoms. The molecule has 4 aromatic rings. The van der Waals surface area contributed by atoms with Crippen LogP contribution < -0.4 is 15.0 Å². The topological polar surface area (TPSA) is 135 Å². The van der Waals surface area contributed by atoms with Crippen molar-refractivity contribution in [2.75, 3.05) is 45.5 Å². The zero-order chi connectivity index (χ0) is 27.0. The average Bonchev–Trinajstić information content (AvgIpc) is 3.28. The van der Waals surface area contributed by atoms with Crippen LogP contribution in [0.5, 0.6) is 5.75 Å². The summed E-state index contributed by atoms with van der Waals surface area (Å²) in [6.07, 6.45) is 0.966. The van der Waals surface area contributed by atoms with Crippen LogP contribution in [-0.4, -0.2) is 88.4 Å². The normalized spacial score (nSPS) is 15.7. The molecule has 0 spiro atoms. The molecular weight excluding hydrogens is 490 g/mol. The highest BCUT2D eigenvalue weighted by atomic mass is 16.7. The van der Waals surface area contributed by atoms with Crippen molar-refractivity contribution in [3.05, 3.63) is 42.2 Å². The Bertz CT molecular complexity index is 1540. The molecular formula is C26H29N7O5. The minimum atomic E-state index is -0.920. The molecule has 1 atom stereocenters. The van der Waals surface area contributed by atoms with Gasteiger partial charge in [-0.3, -0.25) is 9.48 Å². The maximum atomic E-state index is 13.0. The quantitative estimate of drug-likeness (QED) is 0.369. The fraction of sp³-hybridized carbons (Fsp3) is 0.346. The Kier molecular flexibility index (Phi) is 6.72. The lowest BCUT2D eigenvalue weighted by Gasteiger charge is -2.39. The van der Waals surface area contributed by atoms with E-state index in [2.05, 4.69) is 20.3 Å². The van der Waals surface area contributed by atoms with Crippen molar-refractivity contribution in [1.82, 2.24) is 30.0 Å². The molecule has 38 heavy (non-hydrogen) atoms. The zero-order valence-electron chi connectivity index (χ0n) is 21.6. The number of carbonyl (C=O) groups is 2. The summed E-state index contributed by atoms with van der Waals surface area (Å²) in [4.78, 5) is 37.5. The molecule has 0 saturated carbocycles. The molecule has 12 nitrogen and oxygen atoms in total. The summed E-state index contributed by atoms with van der Waals surface area (Å²) in [7, 11) is 4.93. The number of benzene rings is 2. The Morgan fingerprint density at radius 1 is 1.16 bits per heavy atom. The van der Waals surface area contributed by atoms with Crippen LogP contribution in [0.25, 0.3) is 33.2 Å².